The summed E-state index contributed by atoms with van der Waals surface area (Å²) in [5, 5.41) is 13.9. The van der Waals surface area contributed by atoms with Crippen LogP contribution in [0.15, 0.2) is 41.1 Å². The molecule has 3 aromatic rings. The molecule has 3 heterocycles. The van der Waals surface area contributed by atoms with Crippen molar-refractivity contribution < 1.29 is 5.11 Å². The van der Waals surface area contributed by atoms with E-state index in [1.54, 1.807) is 11.3 Å². The summed E-state index contributed by atoms with van der Waals surface area (Å²) in [5.41, 5.74) is 3.68. The summed E-state index contributed by atoms with van der Waals surface area (Å²) < 4.78 is 2.33. The van der Waals surface area contributed by atoms with Gasteiger partial charge in [0.1, 0.15) is 5.82 Å². The Morgan fingerprint density at radius 2 is 2.07 bits per heavy atom. The third-order valence-corrected chi connectivity index (χ3v) is 6.26. The average molecular weight is 385 g/mol. The lowest BCUT2D eigenvalue weighted by atomic mass is 10.1. The van der Waals surface area contributed by atoms with Crippen LogP contribution in [-0.4, -0.2) is 56.7 Å². The Bertz CT molecular complexity index is 860. The smallest absolute Gasteiger partial charge is 0.124 e. The summed E-state index contributed by atoms with van der Waals surface area (Å²) >= 11 is 1.75. The number of aryl methyl sites for hydroxylation is 1. The molecule has 144 valence electrons. The van der Waals surface area contributed by atoms with Crippen LogP contribution in [0.3, 0.4) is 0 Å². The van der Waals surface area contributed by atoms with Gasteiger partial charge in [0, 0.05) is 45.4 Å². The number of fused-ring (bicyclic) bond motifs is 1. The summed E-state index contributed by atoms with van der Waals surface area (Å²) in [7, 11) is 0. The quantitative estimate of drug-likeness (QED) is 0.679. The summed E-state index contributed by atoms with van der Waals surface area (Å²) in [6.45, 7) is 8.28. The number of imidazole rings is 1. The Kier molecular flexibility index (Phi) is 5.88. The number of hydrogen-bond acceptors (Lipinski definition) is 5. The average Bonchev–Trinajstić information content (AvgIpc) is 3.31. The number of thiophene rings is 1. The molecule has 0 amide bonds. The van der Waals surface area contributed by atoms with E-state index in [-0.39, 0.29) is 6.61 Å². The van der Waals surface area contributed by atoms with Crippen molar-refractivity contribution in [2.45, 2.75) is 39.0 Å². The lowest BCUT2D eigenvalue weighted by Gasteiger charge is -2.41. The van der Waals surface area contributed by atoms with Crippen LogP contribution in [0.4, 0.5) is 0 Å². The van der Waals surface area contributed by atoms with Gasteiger partial charge in [-0.15, -0.1) is 0 Å². The second-order valence-corrected chi connectivity index (χ2v) is 8.04. The van der Waals surface area contributed by atoms with Gasteiger partial charge in [0.15, 0.2) is 0 Å². The Labute approximate surface area is 164 Å². The van der Waals surface area contributed by atoms with Gasteiger partial charge < -0.3 is 9.67 Å². The summed E-state index contributed by atoms with van der Waals surface area (Å²) in [5.74, 6) is 1.15. The van der Waals surface area contributed by atoms with Crippen LogP contribution in [0.25, 0.3) is 11.0 Å². The van der Waals surface area contributed by atoms with E-state index >= 15 is 0 Å². The number of benzene rings is 1. The molecular weight excluding hydrogens is 356 g/mol. The lowest BCUT2D eigenvalue weighted by molar-refractivity contribution is 0.0484. The molecule has 0 aliphatic carbocycles. The van der Waals surface area contributed by atoms with Crippen molar-refractivity contribution in [2.24, 2.45) is 0 Å². The third-order valence-electron chi connectivity index (χ3n) is 5.53. The van der Waals surface area contributed by atoms with E-state index in [1.165, 1.54) is 11.1 Å². The van der Waals surface area contributed by atoms with E-state index in [1.807, 2.05) is 0 Å². The highest BCUT2D eigenvalue weighted by Crippen LogP contribution is 2.21. The summed E-state index contributed by atoms with van der Waals surface area (Å²) in [6.07, 6.45) is 0.824. The van der Waals surface area contributed by atoms with Crippen molar-refractivity contribution >= 4 is 22.4 Å². The largest absolute Gasteiger partial charge is 0.396 e. The van der Waals surface area contributed by atoms with Crippen molar-refractivity contribution in [3.63, 3.8) is 0 Å². The molecule has 1 aromatic carbocycles. The molecule has 6 heteroatoms. The third kappa shape index (κ3) is 4.09. The molecule has 1 atom stereocenters. The number of aliphatic hydroxyl groups is 1. The first-order valence-corrected chi connectivity index (χ1v) is 10.7. The number of hydrogen-bond donors (Lipinski definition) is 1. The number of para-hydroxylation sites is 2. The normalized spacial score (nSPS) is 19.1. The minimum Gasteiger partial charge on any atom is -0.396 e. The van der Waals surface area contributed by atoms with Gasteiger partial charge in [-0.05, 0) is 47.9 Å². The fourth-order valence-corrected chi connectivity index (χ4v) is 4.81. The number of rotatable bonds is 7. The minimum absolute atomic E-state index is 0.242. The van der Waals surface area contributed by atoms with E-state index in [2.05, 4.69) is 62.4 Å². The number of nitrogens with zero attached hydrogens (tertiary/aromatic N) is 4. The zero-order chi connectivity index (χ0) is 18.6. The van der Waals surface area contributed by atoms with E-state index < -0.39 is 0 Å². The monoisotopic (exact) mass is 384 g/mol. The van der Waals surface area contributed by atoms with Crippen LogP contribution >= 0.6 is 11.3 Å². The van der Waals surface area contributed by atoms with Crippen LogP contribution in [0, 0.1) is 0 Å². The molecule has 0 unspecified atom stereocenters. The van der Waals surface area contributed by atoms with Gasteiger partial charge >= 0.3 is 0 Å². The molecular formula is C21H28N4OS. The molecule has 0 radical (unpaired) electrons. The van der Waals surface area contributed by atoms with Crippen molar-refractivity contribution in [3.05, 3.63) is 52.5 Å². The van der Waals surface area contributed by atoms with Crippen LogP contribution in [0.1, 0.15) is 24.7 Å². The minimum atomic E-state index is 0.242. The maximum absolute atomic E-state index is 9.56. The van der Waals surface area contributed by atoms with Crippen LogP contribution in [-0.2, 0) is 19.6 Å². The Morgan fingerprint density at radius 1 is 1.19 bits per heavy atom. The molecule has 1 saturated heterocycles. The first kappa shape index (κ1) is 18.6. The van der Waals surface area contributed by atoms with Gasteiger partial charge in [0.05, 0.1) is 17.6 Å². The lowest BCUT2D eigenvalue weighted by Crippen LogP contribution is -2.52. The number of aromatic nitrogens is 2. The molecule has 0 saturated carbocycles. The molecule has 1 aliphatic heterocycles. The Balaban J connectivity index is 1.47. The molecule has 4 rings (SSSR count). The number of piperazine rings is 1. The highest BCUT2D eigenvalue weighted by Gasteiger charge is 2.27. The standard InChI is InChI=1S/C21H28N4OS/c1-2-25-20-6-4-3-5-19(20)22-21(25)15-23-9-10-24(18(14-23)7-11-26)13-17-8-12-27-16-17/h3-6,8,12,16,18,26H,2,7,9-11,13-15H2,1H3/t18-/m1/s1. The van der Waals surface area contributed by atoms with Gasteiger partial charge in [-0.2, -0.15) is 11.3 Å². The van der Waals surface area contributed by atoms with Gasteiger partial charge in [0.2, 0.25) is 0 Å². The Morgan fingerprint density at radius 3 is 2.85 bits per heavy atom. The predicted octanol–water partition coefficient (Wildman–Crippen LogP) is 3.19. The SMILES string of the molecule is CCn1c(CN2CCN(Cc3ccsc3)[C@H](CCO)C2)nc2ccccc21. The van der Waals surface area contributed by atoms with Crippen molar-refractivity contribution in [3.8, 4) is 0 Å². The van der Waals surface area contributed by atoms with Gasteiger partial charge in [-0.1, -0.05) is 12.1 Å². The summed E-state index contributed by atoms with van der Waals surface area (Å²) in [6, 6.07) is 11.0. The Hall–Kier alpha value is -1.73. The molecule has 1 N–H and O–H groups in total. The molecule has 1 aliphatic rings. The zero-order valence-electron chi connectivity index (χ0n) is 15.9. The second-order valence-electron chi connectivity index (χ2n) is 7.26. The number of aliphatic hydroxyl groups excluding tert-OH is 1. The second kappa shape index (κ2) is 8.52. The van der Waals surface area contributed by atoms with Gasteiger partial charge in [0.25, 0.3) is 0 Å². The van der Waals surface area contributed by atoms with E-state index in [0.717, 1.165) is 57.0 Å². The van der Waals surface area contributed by atoms with Crippen LogP contribution in [0.2, 0.25) is 0 Å². The fraction of sp³-hybridized carbons (Fsp3) is 0.476. The molecule has 0 bridgehead atoms. The molecule has 2 aromatic heterocycles. The van der Waals surface area contributed by atoms with Gasteiger partial charge in [-0.25, -0.2) is 4.98 Å². The van der Waals surface area contributed by atoms with Crippen molar-refractivity contribution in [1.82, 2.24) is 19.4 Å². The van der Waals surface area contributed by atoms with Crippen molar-refractivity contribution in [1.29, 1.82) is 0 Å². The van der Waals surface area contributed by atoms with Crippen molar-refractivity contribution in [2.75, 3.05) is 26.2 Å². The fourth-order valence-electron chi connectivity index (χ4n) is 4.15. The molecule has 1 fully saturated rings. The van der Waals surface area contributed by atoms with Crippen LogP contribution < -0.4 is 0 Å². The maximum atomic E-state index is 9.56. The van der Waals surface area contributed by atoms with Crippen LogP contribution in [0.5, 0.6) is 0 Å². The highest BCUT2D eigenvalue weighted by atomic mass is 32.1. The maximum Gasteiger partial charge on any atom is 0.124 e. The van der Waals surface area contributed by atoms with E-state index in [0.29, 0.717) is 6.04 Å². The predicted molar refractivity (Wildman–Crippen MR) is 111 cm³/mol. The van der Waals surface area contributed by atoms with Gasteiger partial charge in [-0.3, -0.25) is 9.80 Å². The topological polar surface area (TPSA) is 44.5 Å². The highest BCUT2D eigenvalue weighted by molar-refractivity contribution is 7.07. The zero-order valence-corrected chi connectivity index (χ0v) is 16.7. The molecule has 5 nitrogen and oxygen atoms in total. The van der Waals surface area contributed by atoms with E-state index in [4.69, 9.17) is 4.98 Å². The van der Waals surface area contributed by atoms with E-state index in [9.17, 15) is 5.11 Å². The summed E-state index contributed by atoms with van der Waals surface area (Å²) in [4.78, 5) is 9.91. The molecule has 0 spiro atoms. The molecule has 27 heavy (non-hydrogen) atoms. The first-order valence-electron chi connectivity index (χ1n) is 9.81. The first-order chi connectivity index (χ1) is 13.3.